The summed E-state index contributed by atoms with van der Waals surface area (Å²) in [6, 6.07) is 13.6. The van der Waals surface area contributed by atoms with Gasteiger partial charge in [-0.15, -0.1) is 0 Å². The van der Waals surface area contributed by atoms with E-state index < -0.39 is 4.92 Å². The maximum atomic E-state index is 10.6. The van der Waals surface area contributed by atoms with Crippen LogP contribution in [0.3, 0.4) is 0 Å². The number of nitro groups is 1. The van der Waals surface area contributed by atoms with Gasteiger partial charge in [0.1, 0.15) is 0 Å². The lowest BCUT2D eigenvalue weighted by atomic mass is 10.1. The summed E-state index contributed by atoms with van der Waals surface area (Å²) in [5.41, 5.74) is 9.57. The van der Waals surface area contributed by atoms with Gasteiger partial charge in [0, 0.05) is 17.8 Å². The molecule has 0 aromatic heterocycles. The van der Waals surface area contributed by atoms with Crippen LogP contribution in [-0.2, 0) is 0 Å². The molecule has 0 saturated heterocycles. The quantitative estimate of drug-likeness (QED) is 0.405. The number of non-ortho nitro benzene ring substituents is 1. The fraction of sp³-hybridized carbons (Fsp3) is 0.125. The second-order valence-electron chi connectivity index (χ2n) is 4.80. The third-order valence-electron chi connectivity index (χ3n) is 3.17. The molecule has 22 heavy (non-hydrogen) atoms. The van der Waals surface area contributed by atoms with Crippen LogP contribution in [0.1, 0.15) is 25.0 Å². The Labute approximate surface area is 128 Å². The van der Waals surface area contributed by atoms with E-state index in [1.165, 1.54) is 12.1 Å². The van der Waals surface area contributed by atoms with Gasteiger partial charge in [0.05, 0.1) is 16.3 Å². The molecule has 0 unspecified atom stereocenters. The fourth-order valence-electron chi connectivity index (χ4n) is 1.81. The van der Waals surface area contributed by atoms with Gasteiger partial charge in [-0.3, -0.25) is 10.1 Å². The minimum absolute atomic E-state index is 0.0538. The van der Waals surface area contributed by atoms with Crippen LogP contribution in [0.5, 0.6) is 0 Å². The van der Waals surface area contributed by atoms with Crippen molar-refractivity contribution in [3.63, 3.8) is 0 Å². The van der Waals surface area contributed by atoms with Crippen molar-refractivity contribution in [2.45, 2.75) is 13.8 Å². The van der Waals surface area contributed by atoms with Gasteiger partial charge < -0.3 is 5.73 Å². The molecule has 0 atom stereocenters. The van der Waals surface area contributed by atoms with E-state index in [0.717, 1.165) is 16.8 Å². The molecule has 2 aromatic carbocycles. The van der Waals surface area contributed by atoms with E-state index in [1.54, 1.807) is 31.2 Å². The molecule has 2 N–H and O–H groups in total. The molecule has 6 nitrogen and oxygen atoms in total. The van der Waals surface area contributed by atoms with Gasteiger partial charge >= 0.3 is 0 Å². The average Bonchev–Trinajstić information content (AvgIpc) is 2.53. The number of nitro benzene ring substituents is 1. The van der Waals surface area contributed by atoms with E-state index in [9.17, 15) is 10.1 Å². The lowest BCUT2D eigenvalue weighted by Crippen LogP contribution is -1.98. The summed E-state index contributed by atoms with van der Waals surface area (Å²) in [6.07, 6.45) is 0. The van der Waals surface area contributed by atoms with Crippen LogP contribution in [0, 0.1) is 10.1 Å². The van der Waals surface area contributed by atoms with E-state index in [-0.39, 0.29) is 5.69 Å². The topological polar surface area (TPSA) is 93.9 Å². The second-order valence-corrected chi connectivity index (χ2v) is 4.80. The standard InChI is InChI=1S/C16H16N4O2/c1-11(13-3-7-15(17)8-4-13)18-19-12(2)14-5-9-16(10-6-14)20(21)22/h3-10H,17H2,1-2H3/b18-11+,19-12+. The lowest BCUT2D eigenvalue weighted by molar-refractivity contribution is -0.384. The fourth-order valence-corrected chi connectivity index (χ4v) is 1.81. The molecule has 0 aliphatic carbocycles. The number of hydrogen-bond donors (Lipinski definition) is 1. The van der Waals surface area contributed by atoms with E-state index in [1.807, 2.05) is 19.1 Å². The molecule has 112 valence electrons. The predicted molar refractivity (Wildman–Crippen MR) is 88.4 cm³/mol. The minimum Gasteiger partial charge on any atom is -0.399 e. The Morgan fingerprint density at radius 2 is 1.32 bits per heavy atom. The molecular weight excluding hydrogens is 280 g/mol. The van der Waals surface area contributed by atoms with Gasteiger partial charge in [-0.25, -0.2) is 0 Å². The summed E-state index contributed by atoms with van der Waals surface area (Å²) in [5, 5.41) is 19.0. The Bertz CT molecular complexity index is 732. The average molecular weight is 296 g/mol. The van der Waals surface area contributed by atoms with Gasteiger partial charge in [-0.2, -0.15) is 10.2 Å². The molecule has 0 heterocycles. The van der Waals surface area contributed by atoms with Crippen LogP contribution in [0.25, 0.3) is 0 Å². The third-order valence-corrected chi connectivity index (χ3v) is 3.17. The third kappa shape index (κ3) is 3.76. The van der Waals surface area contributed by atoms with Gasteiger partial charge in [0.15, 0.2) is 0 Å². The first kappa shape index (κ1) is 15.4. The Kier molecular flexibility index (Phi) is 4.63. The molecule has 0 fully saturated rings. The lowest BCUT2D eigenvalue weighted by Gasteiger charge is -2.01. The van der Waals surface area contributed by atoms with Crippen molar-refractivity contribution in [2.75, 3.05) is 5.73 Å². The highest BCUT2D eigenvalue weighted by Gasteiger charge is 2.05. The van der Waals surface area contributed by atoms with E-state index >= 15 is 0 Å². The van der Waals surface area contributed by atoms with Crippen LogP contribution in [0.15, 0.2) is 58.7 Å². The Morgan fingerprint density at radius 1 is 0.909 bits per heavy atom. The summed E-state index contributed by atoms with van der Waals surface area (Å²) >= 11 is 0. The molecule has 0 amide bonds. The van der Waals surface area contributed by atoms with Crippen molar-refractivity contribution in [1.29, 1.82) is 0 Å². The van der Waals surface area contributed by atoms with Crippen LogP contribution in [0.2, 0.25) is 0 Å². The zero-order valence-electron chi connectivity index (χ0n) is 12.4. The van der Waals surface area contributed by atoms with Gasteiger partial charge in [-0.1, -0.05) is 12.1 Å². The molecule has 0 bridgehead atoms. The van der Waals surface area contributed by atoms with Crippen molar-refractivity contribution in [2.24, 2.45) is 10.2 Å². The number of nitrogens with two attached hydrogens (primary N) is 1. The molecule has 0 aliphatic rings. The van der Waals surface area contributed by atoms with Crippen molar-refractivity contribution in [3.8, 4) is 0 Å². The van der Waals surface area contributed by atoms with E-state index in [4.69, 9.17) is 5.73 Å². The minimum atomic E-state index is -0.431. The molecular formula is C16H16N4O2. The highest BCUT2D eigenvalue weighted by atomic mass is 16.6. The van der Waals surface area contributed by atoms with Crippen LogP contribution >= 0.6 is 0 Å². The molecule has 2 aromatic rings. The summed E-state index contributed by atoms with van der Waals surface area (Å²) < 4.78 is 0. The summed E-state index contributed by atoms with van der Waals surface area (Å²) in [7, 11) is 0. The largest absolute Gasteiger partial charge is 0.399 e. The molecule has 0 saturated carbocycles. The summed E-state index contributed by atoms with van der Waals surface area (Å²) in [6.45, 7) is 3.67. The Morgan fingerprint density at radius 3 is 1.73 bits per heavy atom. The van der Waals surface area contributed by atoms with E-state index in [2.05, 4.69) is 10.2 Å². The van der Waals surface area contributed by atoms with Crippen LogP contribution < -0.4 is 5.73 Å². The monoisotopic (exact) mass is 296 g/mol. The summed E-state index contributed by atoms with van der Waals surface area (Å²) in [4.78, 5) is 10.2. The smallest absolute Gasteiger partial charge is 0.269 e. The molecule has 6 heteroatoms. The number of nitrogen functional groups attached to an aromatic ring is 1. The number of benzene rings is 2. The highest BCUT2D eigenvalue weighted by molar-refractivity contribution is 6.01. The maximum Gasteiger partial charge on any atom is 0.269 e. The number of hydrogen-bond acceptors (Lipinski definition) is 5. The number of anilines is 1. The normalized spacial score (nSPS) is 12.3. The van der Waals surface area contributed by atoms with Crippen molar-refractivity contribution in [3.05, 3.63) is 69.8 Å². The van der Waals surface area contributed by atoms with Crippen molar-refractivity contribution < 1.29 is 4.92 Å². The highest BCUT2D eigenvalue weighted by Crippen LogP contribution is 2.13. The Hall–Kier alpha value is -3.02. The molecule has 2 rings (SSSR count). The second kappa shape index (κ2) is 6.62. The molecule has 0 radical (unpaired) electrons. The van der Waals surface area contributed by atoms with Crippen molar-refractivity contribution >= 4 is 22.8 Å². The maximum absolute atomic E-state index is 10.6. The molecule has 0 spiro atoms. The van der Waals surface area contributed by atoms with Crippen LogP contribution in [0.4, 0.5) is 11.4 Å². The molecule has 0 aliphatic heterocycles. The SMILES string of the molecule is C/C(=N\N=C(/C)c1ccc([N+](=O)[O-])cc1)c1ccc(N)cc1. The Balaban J connectivity index is 2.19. The van der Waals surface area contributed by atoms with E-state index in [0.29, 0.717) is 11.4 Å². The van der Waals surface area contributed by atoms with Gasteiger partial charge in [0.25, 0.3) is 5.69 Å². The zero-order chi connectivity index (χ0) is 16.1. The first-order valence-electron chi connectivity index (χ1n) is 6.67. The summed E-state index contributed by atoms with van der Waals surface area (Å²) in [5.74, 6) is 0. The first-order chi connectivity index (χ1) is 10.5. The first-order valence-corrected chi connectivity index (χ1v) is 6.67. The van der Waals surface area contributed by atoms with Gasteiger partial charge in [0.2, 0.25) is 0 Å². The number of nitrogens with zero attached hydrogens (tertiary/aromatic N) is 3. The zero-order valence-corrected chi connectivity index (χ0v) is 12.4. The number of rotatable bonds is 4. The van der Waals surface area contributed by atoms with Crippen molar-refractivity contribution in [1.82, 2.24) is 0 Å². The van der Waals surface area contributed by atoms with Crippen LogP contribution in [-0.4, -0.2) is 16.3 Å². The van der Waals surface area contributed by atoms with Gasteiger partial charge in [-0.05, 0) is 49.2 Å². The predicted octanol–water partition coefficient (Wildman–Crippen LogP) is 3.41.